The number of rotatable bonds is 4. The smallest absolute Gasteiger partial charge is 0.217 e. The van der Waals surface area contributed by atoms with Gasteiger partial charge < -0.3 is 9.47 Å². The van der Waals surface area contributed by atoms with Crippen molar-refractivity contribution in [3.05, 3.63) is 46.5 Å². The molecule has 2 aromatic rings. The van der Waals surface area contributed by atoms with Crippen LogP contribution in [0.15, 0.2) is 30.9 Å². The summed E-state index contributed by atoms with van der Waals surface area (Å²) in [7, 11) is 0. The van der Waals surface area contributed by atoms with Crippen molar-refractivity contribution >= 4 is 34.8 Å². The van der Waals surface area contributed by atoms with Crippen molar-refractivity contribution in [3.63, 3.8) is 0 Å². The van der Waals surface area contributed by atoms with Crippen molar-refractivity contribution in [1.29, 1.82) is 0 Å². The zero-order chi connectivity index (χ0) is 14.9. The van der Waals surface area contributed by atoms with Gasteiger partial charge in [-0.15, -0.1) is 11.6 Å². The van der Waals surface area contributed by atoms with Gasteiger partial charge in [-0.05, 0) is 12.1 Å². The molecule has 0 spiro atoms. The van der Waals surface area contributed by atoms with Crippen LogP contribution in [0.1, 0.15) is 5.56 Å². The van der Waals surface area contributed by atoms with Gasteiger partial charge in [0.2, 0.25) is 5.79 Å². The number of alkyl halides is 1. The molecule has 1 aromatic heterocycles. The van der Waals surface area contributed by atoms with E-state index in [9.17, 15) is 0 Å². The summed E-state index contributed by atoms with van der Waals surface area (Å²) in [4.78, 5) is 3.93. The number of hydrogen-bond donors (Lipinski definition) is 0. The van der Waals surface area contributed by atoms with E-state index in [0.29, 0.717) is 34.6 Å². The Morgan fingerprint density at radius 2 is 2.24 bits per heavy atom. The van der Waals surface area contributed by atoms with Gasteiger partial charge in [0.25, 0.3) is 0 Å². The quantitative estimate of drug-likeness (QED) is 0.797. The van der Waals surface area contributed by atoms with Crippen LogP contribution in [0.3, 0.4) is 0 Å². The second-order valence-corrected chi connectivity index (χ2v) is 5.83. The fourth-order valence-electron chi connectivity index (χ4n) is 2.28. The maximum Gasteiger partial charge on any atom is 0.217 e. The van der Waals surface area contributed by atoms with Crippen LogP contribution >= 0.6 is 34.8 Å². The van der Waals surface area contributed by atoms with E-state index < -0.39 is 5.79 Å². The second-order valence-electron chi connectivity index (χ2n) is 4.68. The molecule has 5 nitrogen and oxygen atoms in total. The van der Waals surface area contributed by atoms with E-state index in [0.717, 1.165) is 0 Å². The first-order valence-electron chi connectivity index (χ1n) is 6.28. The van der Waals surface area contributed by atoms with Crippen molar-refractivity contribution in [2.24, 2.45) is 0 Å². The highest BCUT2D eigenvalue weighted by molar-refractivity contribution is 6.35. The van der Waals surface area contributed by atoms with Gasteiger partial charge in [-0.25, -0.2) is 9.67 Å². The molecule has 2 unspecified atom stereocenters. The zero-order valence-corrected chi connectivity index (χ0v) is 13.1. The molecule has 1 saturated heterocycles. The highest BCUT2D eigenvalue weighted by atomic mass is 35.5. The molecular weight excluding hydrogens is 337 g/mol. The Morgan fingerprint density at radius 3 is 2.86 bits per heavy atom. The van der Waals surface area contributed by atoms with Gasteiger partial charge in [0.1, 0.15) is 19.2 Å². The van der Waals surface area contributed by atoms with E-state index in [2.05, 4.69) is 10.1 Å². The topological polar surface area (TPSA) is 49.2 Å². The first kappa shape index (κ1) is 15.1. The lowest BCUT2D eigenvalue weighted by atomic mass is 10.1. The summed E-state index contributed by atoms with van der Waals surface area (Å²) in [5.41, 5.74) is 0.691. The molecule has 0 radical (unpaired) electrons. The standard InChI is InChI=1S/C13H12Cl3N3O2/c14-4-10-5-20-13(21-10,6-19-8-17-7-18-19)11-2-1-9(15)3-12(11)16/h1-3,7-8,10H,4-6H2. The van der Waals surface area contributed by atoms with E-state index in [1.165, 1.54) is 6.33 Å². The van der Waals surface area contributed by atoms with Crippen LogP contribution < -0.4 is 0 Å². The maximum atomic E-state index is 6.31. The average molecular weight is 349 g/mol. The number of halogens is 3. The number of hydrogen-bond acceptors (Lipinski definition) is 4. The van der Waals surface area contributed by atoms with E-state index in [4.69, 9.17) is 44.3 Å². The predicted octanol–water partition coefficient (Wildman–Crippen LogP) is 3.09. The summed E-state index contributed by atoms with van der Waals surface area (Å²) in [5.74, 6) is -0.709. The molecule has 1 aromatic carbocycles. The Bertz CT molecular complexity index is 623. The molecule has 0 saturated carbocycles. The number of ether oxygens (including phenoxy) is 2. The highest BCUT2D eigenvalue weighted by Crippen LogP contribution is 2.40. The summed E-state index contributed by atoms with van der Waals surface area (Å²) in [5, 5.41) is 5.11. The summed E-state index contributed by atoms with van der Waals surface area (Å²) in [6, 6.07) is 5.19. The van der Waals surface area contributed by atoms with Gasteiger partial charge >= 0.3 is 0 Å². The Labute approximate surface area is 136 Å². The summed E-state index contributed by atoms with van der Waals surface area (Å²) in [6.45, 7) is 0.707. The molecule has 1 aliphatic heterocycles. The molecule has 0 amide bonds. The van der Waals surface area contributed by atoms with Crippen LogP contribution in [0.2, 0.25) is 10.0 Å². The van der Waals surface area contributed by atoms with Crippen molar-refractivity contribution < 1.29 is 9.47 Å². The molecule has 8 heteroatoms. The fraction of sp³-hybridized carbons (Fsp3) is 0.385. The predicted molar refractivity (Wildman–Crippen MR) is 79.7 cm³/mol. The van der Waals surface area contributed by atoms with E-state index >= 15 is 0 Å². The minimum absolute atomic E-state index is 0.207. The summed E-state index contributed by atoms with van der Waals surface area (Å²) in [6.07, 6.45) is 2.83. The Morgan fingerprint density at radius 1 is 1.38 bits per heavy atom. The second kappa shape index (κ2) is 6.10. The molecule has 0 aliphatic carbocycles. The van der Waals surface area contributed by atoms with Gasteiger partial charge in [0.05, 0.1) is 23.6 Å². The molecule has 0 N–H and O–H groups in total. The van der Waals surface area contributed by atoms with E-state index in [1.807, 2.05) is 0 Å². The van der Waals surface area contributed by atoms with E-state index in [-0.39, 0.29) is 6.10 Å². The Hall–Kier alpha value is -0.850. The number of benzene rings is 1. The minimum Gasteiger partial charge on any atom is -0.342 e. The summed E-state index contributed by atoms with van der Waals surface area (Å²) >= 11 is 18.1. The third kappa shape index (κ3) is 3.03. The largest absolute Gasteiger partial charge is 0.342 e. The molecule has 1 fully saturated rings. The third-order valence-corrected chi connectivity index (χ3v) is 4.10. The zero-order valence-electron chi connectivity index (χ0n) is 10.9. The third-order valence-electron chi connectivity index (χ3n) is 3.21. The number of nitrogens with zero attached hydrogens (tertiary/aromatic N) is 3. The average Bonchev–Trinajstić information content (AvgIpc) is 3.09. The van der Waals surface area contributed by atoms with Crippen LogP contribution in [-0.2, 0) is 21.8 Å². The minimum atomic E-state index is -1.05. The van der Waals surface area contributed by atoms with Gasteiger partial charge in [-0.3, -0.25) is 0 Å². The van der Waals surface area contributed by atoms with Crippen LogP contribution in [0.25, 0.3) is 0 Å². The first-order valence-corrected chi connectivity index (χ1v) is 7.58. The van der Waals surface area contributed by atoms with Gasteiger partial charge in [0.15, 0.2) is 0 Å². The molecule has 112 valence electrons. The SMILES string of the molecule is ClCC1COC(Cn2cncn2)(c2ccc(Cl)cc2Cl)O1. The molecular formula is C13H12Cl3N3O2. The van der Waals surface area contributed by atoms with Crippen LogP contribution in [0, 0.1) is 0 Å². The molecule has 3 rings (SSSR count). The fourth-order valence-corrected chi connectivity index (χ4v) is 2.98. The number of aromatic nitrogens is 3. The Kier molecular flexibility index (Phi) is 4.38. The molecule has 0 bridgehead atoms. The van der Waals surface area contributed by atoms with Gasteiger partial charge in [0, 0.05) is 10.6 Å². The Balaban J connectivity index is 1.99. The van der Waals surface area contributed by atoms with Crippen LogP contribution in [-0.4, -0.2) is 33.4 Å². The lowest BCUT2D eigenvalue weighted by Crippen LogP contribution is -2.34. The molecule has 2 heterocycles. The lowest BCUT2D eigenvalue weighted by Gasteiger charge is -2.29. The maximum absolute atomic E-state index is 6.31. The molecule has 21 heavy (non-hydrogen) atoms. The van der Waals surface area contributed by atoms with Crippen molar-refractivity contribution in [1.82, 2.24) is 14.8 Å². The van der Waals surface area contributed by atoms with Crippen LogP contribution in [0.4, 0.5) is 0 Å². The van der Waals surface area contributed by atoms with Gasteiger partial charge in [-0.2, -0.15) is 5.10 Å². The molecule has 1 aliphatic rings. The molecule has 2 atom stereocenters. The van der Waals surface area contributed by atoms with Gasteiger partial charge in [-0.1, -0.05) is 29.3 Å². The van der Waals surface area contributed by atoms with Crippen molar-refractivity contribution in [3.8, 4) is 0 Å². The first-order chi connectivity index (χ1) is 10.1. The summed E-state index contributed by atoms with van der Waals surface area (Å²) < 4.78 is 13.5. The lowest BCUT2D eigenvalue weighted by molar-refractivity contribution is -0.186. The highest BCUT2D eigenvalue weighted by Gasteiger charge is 2.45. The van der Waals surface area contributed by atoms with E-state index in [1.54, 1.807) is 29.2 Å². The monoisotopic (exact) mass is 347 g/mol. The van der Waals surface area contributed by atoms with Crippen LogP contribution in [0.5, 0.6) is 0 Å². The van der Waals surface area contributed by atoms with Crippen molar-refractivity contribution in [2.75, 3.05) is 12.5 Å². The van der Waals surface area contributed by atoms with Crippen molar-refractivity contribution in [2.45, 2.75) is 18.4 Å². The normalized spacial score (nSPS) is 25.4.